The molecule has 1 saturated carbocycles. The molecule has 2 aliphatic heterocycles. The zero-order valence-electron chi connectivity index (χ0n) is 25.1. The number of likely N-dealkylation sites (tertiary alicyclic amines) is 1. The number of carbonyl (C=O) groups excluding carboxylic acids is 4. The second kappa shape index (κ2) is 12.1. The predicted octanol–water partition coefficient (Wildman–Crippen LogP) is 5.40. The number of aromatic hydroxyl groups is 1. The molecule has 14 heteroatoms. The Labute approximate surface area is 284 Å². The number of fused-ring (bicyclic) bond motifs is 4. The highest BCUT2D eigenvalue weighted by Gasteiger charge is 2.76. The Morgan fingerprint density at radius 2 is 1.72 bits per heavy atom. The maximum Gasteiger partial charge on any atom is 0.303 e. The second-order valence-electron chi connectivity index (χ2n) is 12.3. The third kappa shape index (κ3) is 5.00. The van der Waals surface area contributed by atoms with E-state index in [1.165, 1.54) is 36.3 Å². The standard InChI is InChI=1S/C33H30Cl3FN2O8/c1-47-23-14-16(13-22(34)27(23)42)26-19-10-11-20-25(29(44)38(28(20)43)12-4-2-3-5-24(40)41)21(19)15-32(35)30(45)39(31(46)33(26,32)36)18-8-6-17(37)7-9-18/h6-10,13-14,20-21,25-26,42H,2-5,11-12,15H2,1H3,(H,40,41). The van der Waals surface area contributed by atoms with Crippen LogP contribution in [0.1, 0.15) is 50.0 Å². The van der Waals surface area contributed by atoms with E-state index in [4.69, 9.17) is 44.6 Å². The molecule has 2 aliphatic carbocycles. The highest BCUT2D eigenvalue weighted by atomic mass is 35.5. The first-order chi connectivity index (χ1) is 22.3. The lowest BCUT2D eigenvalue weighted by molar-refractivity contribution is -0.141. The number of halogens is 4. The third-order valence-corrected chi connectivity index (χ3v) is 11.6. The van der Waals surface area contributed by atoms with Crippen LogP contribution >= 0.6 is 34.8 Å². The van der Waals surface area contributed by atoms with Crippen LogP contribution in [0.25, 0.3) is 0 Å². The number of phenolic OH excluding ortho intramolecular Hbond substituents is 1. The molecule has 248 valence electrons. The zero-order chi connectivity index (χ0) is 34.0. The summed E-state index contributed by atoms with van der Waals surface area (Å²) in [5.41, 5.74) is 0.855. The molecule has 0 radical (unpaired) electrons. The van der Waals surface area contributed by atoms with Crippen LogP contribution in [-0.2, 0) is 24.0 Å². The van der Waals surface area contributed by atoms with Crippen LogP contribution in [0.2, 0.25) is 5.02 Å². The number of imide groups is 2. The highest BCUT2D eigenvalue weighted by Crippen LogP contribution is 2.66. The van der Waals surface area contributed by atoms with E-state index in [0.29, 0.717) is 24.8 Å². The van der Waals surface area contributed by atoms with Gasteiger partial charge in [0.15, 0.2) is 21.2 Å². The number of unbranched alkanes of at least 4 members (excludes halogenated alkanes) is 2. The van der Waals surface area contributed by atoms with Gasteiger partial charge in [-0.1, -0.05) is 29.7 Å². The van der Waals surface area contributed by atoms with Gasteiger partial charge >= 0.3 is 5.97 Å². The molecule has 0 aromatic heterocycles. The Hall–Kier alpha value is -3.67. The summed E-state index contributed by atoms with van der Waals surface area (Å²) in [4.78, 5) is 64.9. The number of aliphatic carboxylic acids is 1. The van der Waals surface area contributed by atoms with Gasteiger partial charge in [0.1, 0.15) is 5.82 Å². The molecular formula is C33H30Cl3FN2O8. The van der Waals surface area contributed by atoms with Gasteiger partial charge in [0.2, 0.25) is 11.8 Å². The zero-order valence-corrected chi connectivity index (χ0v) is 27.3. The van der Waals surface area contributed by atoms with Crippen molar-refractivity contribution in [2.45, 2.75) is 54.2 Å². The summed E-state index contributed by atoms with van der Waals surface area (Å²) < 4.78 is 19.2. The number of hydrogen-bond acceptors (Lipinski definition) is 7. The number of amides is 4. The smallest absolute Gasteiger partial charge is 0.303 e. The molecule has 2 heterocycles. The maximum atomic E-state index is 14.4. The van der Waals surface area contributed by atoms with Crippen LogP contribution in [0.3, 0.4) is 0 Å². The largest absolute Gasteiger partial charge is 0.503 e. The van der Waals surface area contributed by atoms with Crippen LogP contribution < -0.4 is 9.64 Å². The molecule has 2 aromatic rings. The summed E-state index contributed by atoms with van der Waals surface area (Å²) in [6, 6.07) is 7.53. The number of nitrogens with zero attached hydrogens (tertiary/aromatic N) is 2. The molecule has 2 saturated heterocycles. The predicted molar refractivity (Wildman–Crippen MR) is 169 cm³/mol. The topological polar surface area (TPSA) is 142 Å². The fourth-order valence-corrected chi connectivity index (χ4v) is 8.85. The Morgan fingerprint density at radius 3 is 2.38 bits per heavy atom. The van der Waals surface area contributed by atoms with Gasteiger partial charge in [-0.05, 0) is 73.6 Å². The van der Waals surface area contributed by atoms with Gasteiger partial charge in [-0.3, -0.25) is 28.9 Å². The number of alkyl halides is 2. The number of carboxylic acid groups (broad SMARTS) is 1. The molecule has 47 heavy (non-hydrogen) atoms. The fraction of sp³-hybridized carbons (Fsp3) is 0.424. The average molecular weight is 708 g/mol. The molecule has 4 aliphatic rings. The van der Waals surface area contributed by atoms with E-state index in [0.717, 1.165) is 17.0 Å². The first-order valence-corrected chi connectivity index (χ1v) is 16.2. The number of phenols is 1. The molecule has 0 spiro atoms. The van der Waals surface area contributed by atoms with Gasteiger partial charge in [-0.15, -0.1) is 23.2 Å². The summed E-state index contributed by atoms with van der Waals surface area (Å²) in [5, 5.41) is 19.3. The molecule has 10 nitrogen and oxygen atoms in total. The molecule has 0 bridgehead atoms. The molecule has 4 amide bonds. The van der Waals surface area contributed by atoms with Crippen molar-refractivity contribution in [2.24, 2.45) is 17.8 Å². The van der Waals surface area contributed by atoms with Gasteiger partial charge in [0, 0.05) is 18.9 Å². The highest BCUT2D eigenvalue weighted by molar-refractivity contribution is 6.58. The quantitative estimate of drug-likeness (QED) is 0.153. The summed E-state index contributed by atoms with van der Waals surface area (Å²) in [7, 11) is 1.31. The number of carbonyl (C=O) groups is 5. The fourth-order valence-electron chi connectivity index (χ4n) is 7.70. The molecule has 6 unspecified atom stereocenters. The average Bonchev–Trinajstić information content (AvgIpc) is 3.36. The van der Waals surface area contributed by atoms with Crippen LogP contribution in [0.4, 0.5) is 10.1 Å². The number of carboxylic acids is 1. The lowest BCUT2D eigenvalue weighted by Crippen LogP contribution is -2.60. The van der Waals surface area contributed by atoms with Gasteiger partial charge in [-0.25, -0.2) is 9.29 Å². The number of ether oxygens (including phenoxy) is 1. The van der Waals surface area contributed by atoms with E-state index in [2.05, 4.69) is 0 Å². The Kier molecular flexibility index (Phi) is 8.55. The first kappa shape index (κ1) is 33.2. The lowest BCUT2D eigenvalue weighted by atomic mass is 9.56. The van der Waals surface area contributed by atoms with Crippen LogP contribution in [0.5, 0.6) is 11.5 Å². The number of rotatable bonds is 9. The van der Waals surface area contributed by atoms with Crippen molar-refractivity contribution >= 4 is 70.1 Å². The molecule has 6 rings (SSSR count). The van der Waals surface area contributed by atoms with E-state index in [1.807, 2.05) is 0 Å². The minimum absolute atomic E-state index is 0.0182. The number of hydrogen-bond donors (Lipinski definition) is 2. The maximum absolute atomic E-state index is 14.4. The van der Waals surface area contributed by atoms with Crippen molar-refractivity contribution in [3.63, 3.8) is 0 Å². The van der Waals surface area contributed by atoms with E-state index in [1.54, 1.807) is 6.08 Å². The van der Waals surface area contributed by atoms with Crippen molar-refractivity contribution < 1.29 is 43.3 Å². The van der Waals surface area contributed by atoms with Gasteiger partial charge < -0.3 is 14.9 Å². The third-order valence-electron chi connectivity index (χ3n) is 9.86. The van der Waals surface area contributed by atoms with Crippen molar-refractivity contribution in [3.05, 3.63) is 64.5 Å². The number of methoxy groups -OCH3 is 1. The Morgan fingerprint density at radius 1 is 1.02 bits per heavy atom. The normalized spacial score (nSPS) is 29.9. The van der Waals surface area contributed by atoms with Crippen molar-refractivity contribution in [1.82, 2.24) is 4.90 Å². The molecule has 2 N–H and O–H groups in total. The monoisotopic (exact) mass is 706 g/mol. The molecule has 2 aromatic carbocycles. The molecule has 6 atom stereocenters. The van der Waals surface area contributed by atoms with E-state index in [9.17, 15) is 33.5 Å². The minimum Gasteiger partial charge on any atom is -0.503 e. The summed E-state index contributed by atoms with van der Waals surface area (Å²) in [5.74, 6) is -8.04. The molecular weight excluding hydrogens is 678 g/mol. The summed E-state index contributed by atoms with van der Waals surface area (Å²) in [6.07, 6.45) is 2.99. The lowest BCUT2D eigenvalue weighted by Gasteiger charge is -2.50. The van der Waals surface area contributed by atoms with Gasteiger partial charge in [0.25, 0.3) is 11.8 Å². The van der Waals surface area contributed by atoms with E-state index < -0.39 is 62.9 Å². The second-order valence-corrected chi connectivity index (χ2v) is 14.0. The van der Waals surface area contributed by atoms with E-state index in [-0.39, 0.29) is 59.5 Å². The van der Waals surface area contributed by atoms with E-state index >= 15 is 0 Å². The van der Waals surface area contributed by atoms with Crippen molar-refractivity contribution in [2.75, 3.05) is 18.6 Å². The van der Waals surface area contributed by atoms with Gasteiger partial charge in [0.05, 0.1) is 29.7 Å². The Bertz CT molecular complexity index is 1730. The minimum atomic E-state index is -2.17. The molecule has 3 fully saturated rings. The van der Waals surface area contributed by atoms with Crippen LogP contribution in [0.15, 0.2) is 48.0 Å². The number of benzene rings is 2. The summed E-state index contributed by atoms with van der Waals surface area (Å²) >= 11 is 21.1. The van der Waals surface area contributed by atoms with Crippen molar-refractivity contribution in [3.8, 4) is 11.5 Å². The Balaban J connectivity index is 1.45. The van der Waals surface area contributed by atoms with Crippen LogP contribution in [0, 0.1) is 23.6 Å². The summed E-state index contributed by atoms with van der Waals surface area (Å²) in [6.45, 7) is 0.113. The SMILES string of the molecule is COc1cc(C2C3=CCC4C(=O)N(CCCCCC(=O)O)C(=O)C4C3CC3(Cl)C(=O)N(c4ccc(F)cc4)C(=O)C23Cl)cc(Cl)c1O. The van der Waals surface area contributed by atoms with Crippen molar-refractivity contribution in [1.29, 1.82) is 0 Å². The number of anilines is 1. The van der Waals surface area contributed by atoms with Gasteiger partial charge in [-0.2, -0.15) is 0 Å². The first-order valence-electron chi connectivity index (χ1n) is 15.1. The number of allylic oxidation sites excluding steroid dienone is 2. The van der Waals surface area contributed by atoms with Crippen LogP contribution in [-0.4, -0.2) is 68.1 Å².